The van der Waals surface area contributed by atoms with Gasteiger partial charge in [0, 0.05) is 9.41 Å². The van der Waals surface area contributed by atoms with Gasteiger partial charge in [-0.2, -0.15) is 0 Å². The summed E-state index contributed by atoms with van der Waals surface area (Å²) in [6, 6.07) is 0. The first-order chi connectivity index (χ1) is 20.2. The smallest absolute Gasteiger partial charge is 0.0424 e. The highest BCUT2D eigenvalue weighted by molar-refractivity contribution is 7.11. The molecule has 0 saturated carbocycles. The van der Waals surface area contributed by atoms with Gasteiger partial charge in [-0.05, 0) is 126 Å². The van der Waals surface area contributed by atoms with Crippen LogP contribution in [0.3, 0.4) is 0 Å². The van der Waals surface area contributed by atoms with Crippen LogP contribution in [0.15, 0.2) is 85.6 Å². The van der Waals surface area contributed by atoms with Crippen LogP contribution in [0.1, 0.15) is 70.0 Å². The molecule has 1 aromatic heterocycles. The summed E-state index contributed by atoms with van der Waals surface area (Å²) in [6.45, 7) is 35.6. The van der Waals surface area contributed by atoms with Crippen LogP contribution < -0.4 is 30.6 Å². The first-order valence-corrected chi connectivity index (χ1v) is 15.2. The molecule has 216 valence electrons. The molecule has 0 aliphatic carbocycles. The molecule has 0 amide bonds. The number of allylic oxidation sites excluding steroid dienone is 10. The van der Waals surface area contributed by atoms with E-state index in [1.54, 1.807) is 11.3 Å². The Hall–Kier alpha value is -4.20. The number of rotatable bonds is 10. The third-order valence-corrected chi connectivity index (χ3v) is 8.36. The normalized spacial score (nSPS) is 15.5. The van der Waals surface area contributed by atoms with Gasteiger partial charge in [0.2, 0.25) is 0 Å². The van der Waals surface area contributed by atoms with Gasteiger partial charge in [0.05, 0.1) is 0 Å². The third-order valence-electron chi connectivity index (χ3n) is 7.11. The van der Waals surface area contributed by atoms with E-state index in [0.29, 0.717) is 0 Å². The van der Waals surface area contributed by atoms with Gasteiger partial charge in [-0.15, -0.1) is 11.3 Å². The standard InChI is InChI=1S/C41H46S/c1-13-22-36(41-30(12)32(18-6)40(42-41)25-16-4)29(11)26-31(17-5)28(10)27-39-34(20-8)33(19-7)37(23-14-2)35(21-9)38(39)24-15-3/h13-27H,2,6,9-10,12H2,1,3-5,7-8,11H3/b22-13-,24-15-,25-16-,29-26+,31-17+,33-19?,34-20-,37-23?,39-27+,41-36-. The van der Waals surface area contributed by atoms with Gasteiger partial charge in [-0.3, -0.25) is 0 Å². The second-order valence-corrected chi connectivity index (χ2v) is 10.8. The maximum Gasteiger partial charge on any atom is 0.0424 e. The largest absolute Gasteiger partial charge is 0.135 e. The van der Waals surface area contributed by atoms with E-state index in [4.69, 9.17) is 0 Å². The molecule has 0 aliphatic rings. The number of benzene rings is 1. The molecule has 1 heterocycles. The zero-order chi connectivity index (χ0) is 31.4. The first kappa shape index (κ1) is 34.0. The van der Waals surface area contributed by atoms with Crippen molar-refractivity contribution in [1.29, 1.82) is 0 Å². The fourth-order valence-electron chi connectivity index (χ4n) is 5.21. The summed E-state index contributed by atoms with van der Waals surface area (Å²) < 4.78 is 1.15. The van der Waals surface area contributed by atoms with Gasteiger partial charge in [0.25, 0.3) is 0 Å². The summed E-state index contributed by atoms with van der Waals surface area (Å²) in [5.41, 5.74) is 7.58. The Bertz CT molecular complexity index is 1900. The van der Waals surface area contributed by atoms with Gasteiger partial charge in [-0.25, -0.2) is 0 Å². The fraction of sp³-hybridized carbons (Fsp3) is 0.171. The molecule has 0 aliphatic heterocycles. The van der Waals surface area contributed by atoms with E-state index in [1.807, 2.05) is 39.0 Å². The van der Waals surface area contributed by atoms with Crippen molar-refractivity contribution in [3.8, 4) is 0 Å². The summed E-state index contributed by atoms with van der Waals surface area (Å²) in [5.74, 6) is 0. The van der Waals surface area contributed by atoms with Crippen molar-refractivity contribution < 1.29 is 0 Å². The molecule has 0 bridgehead atoms. The molecule has 0 spiro atoms. The first-order valence-electron chi connectivity index (χ1n) is 14.4. The highest BCUT2D eigenvalue weighted by Gasteiger charge is 2.10. The molecule has 2 aromatic rings. The number of hydrogen-bond donors (Lipinski definition) is 0. The van der Waals surface area contributed by atoms with E-state index < -0.39 is 0 Å². The van der Waals surface area contributed by atoms with Crippen LogP contribution in [0, 0.1) is 0 Å². The molecule has 0 nitrogen and oxygen atoms in total. The van der Waals surface area contributed by atoms with E-state index in [9.17, 15) is 0 Å². The maximum atomic E-state index is 4.55. The van der Waals surface area contributed by atoms with Gasteiger partial charge >= 0.3 is 0 Å². The summed E-state index contributed by atoms with van der Waals surface area (Å²) in [4.78, 5) is 1.17. The van der Waals surface area contributed by atoms with Gasteiger partial charge in [0.15, 0.2) is 0 Å². The minimum atomic E-state index is 0.936. The van der Waals surface area contributed by atoms with Crippen molar-refractivity contribution in [2.45, 2.75) is 48.5 Å². The lowest BCUT2D eigenvalue weighted by Crippen LogP contribution is -2.50. The molecule has 1 heteroatoms. The van der Waals surface area contributed by atoms with E-state index in [-0.39, 0.29) is 0 Å². The molecule has 0 saturated heterocycles. The Kier molecular flexibility index (Phi) is 13.2. The molecule has 0 unspecified atom stereocenters. The van der Waals surface area contributed by atoms with E-state index in [2.05, 4.69) is 134 Å². The monoisotopic (exact) mass is 570 g/mol. The Labute approximate surface area is 257 Å². The van der Waals surface area contributed by atoms with Crippen LogP contribution >= 0.6 is 11.3 Å². The van der Waals surface area contributed by atoms with Crippen LogP contribution in [0.2, 0.25) is 0 Å². The van der Waals surface area contributed by atoms with Crippen LogP contribution in [0.5, 0.6) is 0 Å². The minimum Gasteiger partial charge on any atom is -0.135 e. The number of thiophene rings is 1. The zero-order valence-electron chi connectivity index (χ0n) is 26.6. The predicted octanol–water partition coefficient (Wildman–Crippen LogP) is 7.73. The summed E-state index contributed by atoms with van der Waals surface area (Å²) in [7, 11) is 0. The van der Waals surface area contributed by atoms with Crippen molar-refractivity contribution in [2.24, 2.45) is 0 Å². The molecular weight excluding hydrogens is 525 g/mol. The maximum absolute atomic E-state index is 4.55. The summed E-state index contributed by atoms with van der Waals surface area (Å²) >= 11 is 1.75. The van der Waals surface area contributed by atoms with E-state index in [1.165, 1.54) is 4.88 Å². The molecular formula is C41H46S. The van der Waals surface area contributed by atoms with Crippen molar-refractivity contribution in [2.75, 3.05) is 0 Å². The van der Waals surface area contributed by atoms with Crippen molar-refractivity contribution >= 4 is 72.1 Å². The summed E-state index contributed by atoms with van der Waals surface area (Å²) in [6.07, 6.45) is 31.3. The molecule has 0 N–H and O–H groups in total. The van der Waals surface area contributed by atoms with E-state index >= 15 is 0 Å². The average Bonchev–Trinajstić information content (AvgIpc) is 3.29. The Morgan fingerprint density at radius 1 is 0.738 bits per heavy atom. The number of hydrogen-bond acceptors (Lipinski definition) is 1. The van der Waals surface area contributed by atoms with Crippen LogP contribution in [-0.2, 0) is 0 Å². The Balaban J connectivity index is 3.00. The lowest BCUT2D eigenvalue weighted by Gasteiger charge is -2.11. The van der Waals surface area contributed by atoms with E-state index in [0.717, 1.165) is 69.6 Å². The van der Waals surface area contributed by atoms with Crippen molar-refractivity contribution in [3.63, 3.8) is 0 Å². The molecule has 0 fully saturated rings. The van der Waals surface area contributed by atoms with Crippen LogP contribution in [-0.4, -0.2) is 0 Å². The minimum absolute atomic E-state index is 0.936. The zero-order valence-corrected chi connectivity index (χ0v) is 27.4. The Morgan fingerprint density at radius 2 is 1.36 bits per heavy atom. The second kappa shape index (κ2) is 16.3. The van der Waals surface area contributed by atoms with Crippen molar-refractivity contribution in [3.05, 3.63) is 138 Å². The predicted molar refractivity (Wildman–Crippen MR) is 198 cm³/mol. The van der Waals surface area contributed by atoms with Crippen LogP contribution in [0.4, 0.5) is 0 Å². The van der Waals surface area contributed by atoms with Gasteiger partial charge in [0.1, 0.15) is 0 Å². The molecule has 0 radical (unpaired) electrons. The highest BCUT2D eigenvalue weighted by Crippen LogP contribution is 2.21. The second-order valence-electron chi connectivity index (χ2n) is 9.71. The molecule has 1 aromatic carbocycles. The highest BCUT2D eigenvalue weighted by atomic mass is 32.1. The molecule has 0 atom stereocenters. The SMILES string of the molecule is C=CC=c1c(C=C)c(/C=C\C)c(=C/C(=C)C(=C/C)/C=C(C)/C(/C=C\C)=c2\sc(/C=C\C)c(C=C)c2=C)/c(=C\C)c1=CC. The Morgan fingerprint density at radius 3 is 1.86 bits per heavy atom. The van der Waals surface area contributed by atoms with Gasteiger partial charge in [-0.1, -0.05) is 112 Å². The average molecular weight is 571 g/mol. The molecule has 2 rings (SSSR count). The van der Waals surface area contributed by atoms with Crippen molar-refractivity contribution in [1.82, 2.24) is 0 Å². The quantitative estimate of drug-likeness (QED) is 0.256. The fourth-order valence-corrected chi connectivity index (χ4v) is 6.52. The topological polar surface area (TPSA) is 0 Å². The lowest BCUT2D eigenvalue weighted by atomic mass is 9.93. The summed E-state index contributed by atoms with van der Waals surface area (Å²) in [5, 5.41) is 5.57. The van der Waals surface area contributed by atoms with Crippen LogP contribution in [0.25, 0.3) is 60.8 Å². The molecule has 42 heavy (non-hydrogen) atoms. The lowest BCUT2D eigenvalue weighted by molar-refractivity contribution is 1.34. The van der Waals surface area contributed by atoms with Gasteiger partial charge < -0.3 is 0 Å². The third kappa shape index (κ3) is 7.16.